The highest BCUT2D eigenvalue weighted by atomic mass is 32.2. The molecule has 3 N–H and O–H groups in total. The number of amides is 1. The molecule has 0 aliphatic heterocycles. The molecule has 1 aromatic rings. The number of carbonyl (C=O) groups is 2. The molecule has 1 unspecified atom stereocenters. The maximum atomic E-state index is 12.3. The molecule has 2 atom stereocenters. The van der Waals surface area contributed by atoms with Gasteiger partial charge in [-0.25, -0.2) is 13.2 Å². The van der Waals surface area contributed by atoms with Crippen LogP contribution in [0.2, 0.25) is 0 Å². The fraction of sp³-hybridized carbons (Fsp3) is 0.643. The van der Waals surface area contributed by atoms with Crippen molar-refractivity contribution in [3.63, 3.8) is 0 Å². The highest BCUT2D eigenvalue weighted by molar-refractivity contribution is 7.89. The third-order valence-corrected chi connectivity index (χ3v) is 5.07. The van der Waals surface area contributed by atoms with Crippen LogP contribution in [0.3, 0.4) is 0 Å². The topological polar surface area (TPSA) is 139 Å². The molecule has 1 amide bonds. The SMILES string of the molecule is Cc1noc(C)c1S(=O)(=O)NC(C)C(=O)N[C@H](CC(C)C)C(=O)O. The third-order valence-electron chi connectivity index (χ3n) is 3.28. The molecule has 9 nitrogen and oxygen atoms in total. The predicted octanol–water partition coefficient (Wildman–Crippen LogP) is 0.574. The second kappa shape index (κ2) is 7.75. The summed E-state index contributed by atoms with van der Waals surface area (Å²) in [7, 11) is -4.02. The van der Waals surface area contributed by atoms with E-state index in [1.54, 1.807) is 0 Å². The Morgan fingerprint density at radius 1 is 1.25 bits per heavy atom. The second-order valence-electron chi connectivity index (χ2n) is 6.03. The smallest absolute Gasteiger partial charge is 0.326 e. The average Bonchev–Trinajstić information content (AvgIpc) is 2.76. The maximum Gasteiger partial charge on any atom is 0.326 e. The lowest BCUT2D eigenvalue weighted by Gasteiger charge is -2.20. The lowest BCUT2D eigenvalue weighted by molar-refractivity contribution is -0.142. The number of aromatic nitrogens is 1. The molecule has 0 saturated heterocycles. The summed E-state index contributed by atoms with van der Waals surface area (Å²) in [5.41, 5.74) is 0.177. The van der Waals surface area contributed by atoms with Gasteiger partial charge in [0.2, 0.25) is 15.9 Å². The van der Waals surface area contributed by atoms with Gasteiger partial charge in [0, 0.05) is 0 Å². The van der Waals surface area contributed by atoms with E-state index in [-0.39, 0.29) is 28.7 Å². The number of aliphatic carboxylic acids is 1. The summed E-state index contributed by atoms with van der Waals surface area (Å²) in [4.78, 5) is 23.2. The number of hydrogen-bond donors (Lipinski definition) is 3. The van der Waals surface area contributed by atoms with Crippen LogP contribution in [0, 0.1) is 19.8 Å². The van der Waals surface area contributed by atoms with E-state index in [4.69, 9.17) is 9.63 Å². The first-order valence-corrected chi connectivity index (χ1v) is 8.92. The lowest BCUT2D eigenvalue weighted by Crippen LogP contribution is -2.50. The van der Waals surface area contributed by atoms with Gasteiger partial charge < -0.3 is 14.9 Å². The normalized spacial score (nSPS) is 14.4. The van der Waals surface area contributed by atoms with Crippen LogP contribution in [0.5, 0.6) is 0 Å². The first-order chi connectivity index (χ1) is 11.0. The van der Waals surface area contributed by atoms with E-state index in [2.05, 4.69) is 15.2 Å². The van der Waals surface area contributed by atoms with Crippen LogP contribution in [0.1, 0.15) is 38.6 Å². The van der Waals surface area contributed by atoms with Gasteiger partial charge in [0.15, 0.2) is 5.76 Å². The molecule has 0 saturated carbocycles. The van der Waals surface area contributed by atoms with Crippen LogP contribution in [0.25, 0.3) is 0 Å². The molecule has 0 aromatic carbocycles. The van der Waals surface area contributed by atoms with Gasteiger partial charge in [0.1, 0.15) is 16.6 Å². The number of carboxylic acids is 1. The van der Waals surface area contributed by atoms with Gasteiger partial charge in [-0.1, -0.05) is 19.0 Å². The zero-order chi connectivity index (χ0) is 18.7. The Bertz CT molecular complexity index is 691. The van der Waals surface area contributed by atoms with E-state index in [9.17, 15) is 18.0 Å². The van der Waals surface area contributed by atoms with Crippen molar-refractivity contribution in [2.24, 2.45) is 5.92 Å². The minimum atomic E-state index is -4.02. The molecule has 1 aromatic heterocycles. The van der Waals surface area contributed by atoms with Crippen LogP contribution in [0.4, 0.5) is 0 Å². The third kappa shape index (κ3) is 5.03. The Balaban J connectivity index is 2.85. The zero-order valence-electron chi connectivity index (χ0n) is 14.3. The molecular formula is C14H23N3O6S. The summed E-state index contributed by atoms with van der Waals surface area (Å²) >= 11 is 0. The number of nitrogens with zero attached hydrogens (tertiary/aromatic N) is 1. The van der Waals surface area contributed by atoms with Crippen LogP contribution in [-0.4, -0.2) is 42.6 Å². The summed E-state index contributed by atoms with van der Waals surface area (Å²) in [6.07, 6.45) is 0.240. The number of aryl methyl sites for hydroxylation is 2. The minimum absolute atomic E-state index is 0.0562. The Labute approximate surface area is 140 Å². The molecular weight excluding hydrogens is 338 g/mol. The van der Waals surface area contributed by atoms with Gasteiger partial charge in [-0.2, -0.15) is 4.72 Å². The van der Waals surface area contributed by atoms with E-state index < -0.39 is 34.0 Å². The van der Waals surface area contributed by atoms with E-state index in [1.165, 1.54) is 20.8 Å². The molecule has 0 fully saturated rings. The molecule has 10 heteroatoms. The van der Waals surface area contributed by atoms with E-state index in [1.807, 2.05) is 13.8 Å². The highest BCUT2D eigenvalue weighted by Gasteiger charge is 2.30. The monoisotopic (exact) mass is 361 g/mol. The summed E-state index contributed by atoms with van der Waals surface area (Å²) < 4.78 is 31.7. The van der Waals surface area contributed by atoms with Crippen molar-refractivity contribution in [1.82, 2.24) is 15.2 Å². The maximum absolute atomic E-state index is 12.3. The second-order valence-corrected chi connectivity index (χ2v) is 7.68. The number of carboxylic acid groups (broad SMARTS) is 1. The molecule has 0 radical (unpaired) electrons. The Morgan fingerprint density at radius 2 is 1.83 bits per heavy atom. The molecule has 1 rings (SSSR count). The lowest BCUT2D eigenvalue weighted by atomic mass is 10.0. The van der Waals surface area contributed by atoms with Crippen molar-refractivity contribution < 1.29 is 27.6 Å². The Hall–Kier alpha value is -1.94. The minimum Gasteiger partial charge on any atom is -0.480 e. The number of hydrogen-bond acceptors (Lipinski definition) is 6. The first-order valence-electron chi connectivity index (χ1n) is 7.44. The number of carbonyl (C=O) groups excluding carboxylic acids is 1. The number of sulfonamides is 1. The summed E-state index contributed by atoms with van der Waals surface area (Å²) in [6, 6.07) is -2.23. The highest BCUT2D eigenvalue weighted by Crippen LogP contribution is 2.18. The molecule has 0 spiro atoms. The van der Waals surface area contributed by atoms with Gasteiger partial charge >= 0.3 is 5.97 Å². The van der Waals surface area contributed by atoms with Crippen LogP contribution >= 0.6 is 0 Å². The van der Waals surface area contributed by atoms with Crippen molar-refractivity contribution in [3.8, 4) is 0 Å². The number of rotatable bonds is 8. The van der Waals surface area contributed by atoms with Gasteiger partial charge in [-0.05, 0) is 33.1 Å². The van der Waals surface area contributed by atoms with Crippen molar-refractivity contribution >= 4 is 21.9 Å². The molecule has 24 heavy (non-hydrogen) atoms. The average molecular weight is 361 g/mol. The number of nitrogens with one attached hydrogen (secondary N) is 2. The van der Waals surface area contributed by atoms with Gasteiger partial charge in [-0.3, -0.25) is 4.79 Å². The quantitative estimate of drug-likeness (QED) is 0.615. The van der Waals surface area contributed by atoms with Crippen LogP contribution < -0.4 is 10.0 Å². The summed E-state index contributed by atoms with van der Waals surface area (Å²) in [6.45, 7) is 7.90. The summed E-state index contributed by atoms with van der Waals surface area (Å²) in [5.74, 6) is -1.73. The molecule has 0 bridgehead atoms. The van der Waals surface area contributed by atoms with E-state index >= 15 is 0 Å². The van der Waals surface area contributed by atoms with Crippen LogP contribution in [0.15, 0.2) is 9.42 Å². The first kappa shape index (κ1) is 20.1. The van der Waals surface area contributed by atoms with E-state index in [0.29, 0.717) is 0 Å². The molecule has 0 aliphatic carbocycles. The van der Waals surface area contributed by atoms with Gasteiger partial charge in [0.25, 0.3) is 0 Å². The molecule has 136 valence electrons. The Morgan fingerprint density at radius 3 is 2.25 bits per heavy atom. The van der Waals surface area contributed by atoms with Gasteiger partial charge in [0.05, 0.1) is 6.04 Å². The standard InChI is InChI=1S/C14H23N3O6S/c1-7(2)6-11(14(19)20)15-13(18)9(4)17-24(21,22)12-8(3)16-23-10(12)5/h7,9,11,17H,6H2,1-5H3,(H,15,18)(H,19,20)/t9?,11-/m1/s1. The van der Waals surface area contributed by atoms with Gasteiger partial charge in [-0.15, -0.1) is 0 Å². The largest absolute Gasteiger partial charge is 0.480 e. The zero-order valence-corrected chi connectivity index (χ0v) is 15.1. The predicted molar refractivity (Wildman–Crippen MR) is 84.8 cm³/mol. The molecule has 0 aliphatic rings. The van der Waals surface area contributed by atoms with E-state index in [0.717, 1.165) is 0 Å². The van der Waals surface area contributed by atoms with Crippen molar-refractivity contribution in [3.05, 3.63) is 11.5 Å². The Kier molecular flexibility index (Phi) is 6.50. The van der Waals surface area contributed by atoms with Crippen molar-refractivity contribution in [2.75, 3.05) is 0 Å². The fourth-order valence-electron chi connectivity index (χ4n) is 2.19. The molecule has 1 heterocycles. The van der Waals surface area contributed by atoms with Crippen LogP contribution in [-0.2, 0) is 19.6 Å². The van der Waals surface area contributed by atoms with Crippen molar-refractivity contribution in [1.29, 1.82) is 0 Å². The fourth-order valence-corrected chi connectivity index (χ4v) is 3.73. The summed E-state index contributed by atoms with van der Waals surface area (Å²) in [5, 5.41) is 15.0. The van der Waals surface area contributed by atoms with Crippen molar-refractivity contribution in [2.45, 2.75) is 58.0 Å².